The molecule has 4 rings (SSSR count). The lowest BCUT2D eigenvalue weighted by Gasteiger charge is -2.30. The van der Waals surface area contributed by atoms with Gasteiger partial charge in [0.25, 0.3) is 0 Å². The number of ether oxygens (including phenoxy) is 3. The van der Waals surface area contributed by atoms with E-state index in [0.29, 0.717) is 44.9 Å². The third-order valence-electron chi connectivity index (χ3n) is 9.49. The highest BCUT2D eigenvalue weighted by Crippen LogP contribution is 2.32. The first-order valence-electron chi connectivity index (χ1n) is 19.7. The van der Waals surface area contributed by atoms with E-state index in [1.807, 2.05) is 72.7 Å². The maximum absolute atomic E-state index is 12.6. The summed E-state index contributed by atoms with van der Waals surface area (Å²) in [4.78, 5) is 48.9. The van der Waals surface area contributed by atoms with Gasteiger partial charge in [-0.25, -0.2) is 9.59 Å². The van der Waals surface area contributed by atoms with Crippen molar-refractivity contribution in [2.45, 2.75) is 121 Å². The van der Waals surface area contributed by atoms with Crippen LogP contribution in [0.1, 0.15) is 125 Å². The molecule has 10 heteroatoms. The summed E-state index contributed by atoms with van der Waals surface area (Å²) < 4.78 is 17.2. The first-order valence-corrected chi connectivity index (χ1v) is 19.7. The highest BCUT2D eigenvalue weighted by molar-refractivity contribution is 6.08. The van der Waals surface area contributed by atoms with Crippen LogP contribution in [0.3, 0.4) is 0 Å². The van der Waals surface area contributed by atoms with Gasteiger partial charge in [-0.3, -0.25) is 9.59 Å². The molecule has 0 unspecified atom stereocenters. The molecule has 0 radical (unpaired) electrons. The third-order valence-corrected chi connectivity index (χ3v) is 9.49. The highest BCUT2D eigenvalue weighted by atomic mass is 16.6. The van der Waals surface area contributed by atoms with Crippen LogP contribution in [0.15, 0.2) is 60.7 Å². The summed E-state index contributed by atoms with van der Waals surface area (Å²) in [7, 11) is 0. The van der Waals surface area contributed by atoms with Gasteiger partial charge in [-0.1, -0.05) is 12.2 Å². The monoisotopic (exact) mass is 820 g/mol. The average molecular weight is 821 g/mol. The Morgan fingerprint density at radius 2 is 0.783 bits per heavy atom. The van der Waals surface area contributed by atoms with Gasteiger partial charge in [0.1, 0.15) is 28.6 Å². The van der Waals surface area contributed by atoms with Gasteiger partial charge in [-0.05, 0) is 220 Å². The molecule has 10 nitrogen and oxygen atoms in total. The van der Waals surface area contributed by atoms with E-state index in [4.69, 9.17) is 14.2 Å². The van der Waals surface area contributed by atoms with Gasteiger partial charge in [0.2, 0.25) is 0 Å². The molecule has 4 aromatic rings. The van der Waals surface area contributed by atoms with Crippen LogP contribution in [0.5, 0.6) is 23.0 Å². The number of aliphatic carboxylic acids is 1. The predicted octanol–water partition coefficient (Wildman–Crippen LogP) is 10.8. The van der Waals surface area contributed by atoms with Crippen molar-refractivity contribution in [3.05, 3.63) is 127 Å². The molecule has 60 heavy (non-hydrogen) atoms. The minimum Gasteiger partial charge on any atom is -0.507 e. The number of aryl methyl sites for hydroxylation is 8. The van der Waals surface area contributed by atoms with E-state index in [2.05, 4.69) is 0 Å². The van der Waals surface area contributed by atoms with Crippen LogP contribution < -0.4 is 9.47 Å². The van der Waals surface area contributed by atoms with E-state index in [0.717, 1.165) is 33.4 Å². The molecule has 0 spiro atoms. The van der Waals surface area contributed by atoms with Crippen LogP contribution in [0.4, 0.5) is 0 Å². The third kappa shape index (κ3) is 12.7. The van der Waals surface area contributed by atoms with Gasteiger partial charge in [0.05, 0.1) is 0 Å². The standard InChI is InChI=1S/C27H34O5.C23H26O5/c1-16-14-21(15-17(2)23(16)29)22(28)11-10-20-12-18(3)24(19(4)13-20)31-27(8,9)25(30)32-26(5,6)7;1-13-11-18(12-14(2)20(13)25)19(24)8-7-17-9-15(3)21(16(4)10-17)28-23(5,6)22(26)27/h10-15,29H,1-9H3;7-12,25H,1-6H3,(H,26,27)/b11-10+;8-7+. The number of carboxylic acid groups (broad SMARTS) is 1. The van der Waals surface area contributed by atoms with Gasteiger partial charge in [0, 0.05) is 11.1 Å². The zero-order chi connectivity index (χ0) is 45.7. The van der Waals surface area contributed by atoms with Crippen molar-refractivity contribution in [1.82, 2.24) is 0 Å². The Balaban J connectivity index is 0.000000323. The molecular weight excluding hydrogens is 761 g/mol. The number of hydrogen-bond donors (Lipinski definition) is 3. The largest absolute Gasteiger partial charge is 0.507 e. The second kappa shape index (κ2) is 18.8. The Morgan fingerprint density at radius 3 is 1.07 bits per heavy atom. The SMILES string of the molecule is Cc1cc(C(=O)/C=C/c2cc(C)c(OC(C)(C)C(=O)O)c(C)c2)cc(C)c1O.Cc1cc(C(=O)/C=C/c2cc(C)c(OC(C)(C)C(=O)OC(C)(C)C)c(C)c2)cc(C)c1O. The number of benzene rings is 4. The summed E-state index contributed by atoms with van der Waals surface area (Å²) in [6.45, 7) is 26.4. The quantitative estimate of drug-likeness (QED) is 0.0714. The number of esters is 1. The summed E-state index contributed by atoms with van der Waals surface area (Å²) >= 11 is 0. The minimum absolute atomic E-state index is 0.141. The Bertz CT molecular complexity index is 2270. The van der Waals surface area contributed by atoms with E-state index >= 15 is 0 Å². The number of aromatic hydroxyl groups is 2. The van der Waals surface area contributed by atoms with E-state index in [9.17, 15) is 34.5 Å². The molecule has 0 aliphatic carbocycles. The second-order valence-electron chi connectivity index (χ2n) is 17.3. The molecule has 0 saturated heterocycles. The molecule has 3 N–H and O–H groups in total. The Kier molecular flexibility index (Phi) is 15.1. The molecule has 0 aliphatic heterocycles. The van der Waals surface area contributed by atoms with E-state index < -0.39 is 28.7 Å². The lowest BCUT2D eigenvalue weighted by atomic mass is 10.0. The highest BCUT2D eigenvalue weighted by Gasteiger charge is 2.35. The summed E-state index contributed by atoms with van der Waals surface area (Å²) in [6.07, 6.45) is 6.47. The maximum atomic E-state index is 12.6. The van der Waals surface area contributed by atoms with Crippen molar-refractivity contribution in [3.63, 3.8) is 0 Å². The molecule has 4 aromatic carbocycles. The van der Waals surface area contributed by atoms with Crippen molar-refractivity contribution < 1.29 is 48.7 Å². The van der Waals surface area contributed by atoms with Crippen LogP contribution in [-0.4, -0.2) is 55.6 Å². The Labute approximate surface area is 354 Å². The molecule has 0 atom stereocenters. The number of allylic oxidation sites excluding steroid dienone is 2. The van der Waals surface area contributed by atoms with Crippen LogP contribution >= 0.6 is 0 Å². The van der Waals surface area contributed by atoms with Crippen molar-refractivity contribution in [2.24, 2.45) is 0 Å². The average Bonchev–Trinajstić information content (AvgIpc) is 3.12. The normalized spacial score (nSPS) is 11.9. The molecule has 0 heterocycles. The first-order chi connectivity index (χ1) is 27.5. The summed E-state index contributed by atoms with van der Waals surface area (Å²) in [5.41, 5.74) is 5.56. The molecule has 0 aromatic heterocycles. The molecule has 0 bridgehead atoms. The summed E-state index contributed by atoms with van der Waals surface area (Å²) in [5.74, 6) is -0.215. The van der Waals surface area contributed by atoms with Crippen LogP contribution in [0, 0.1) is 55.4 Å². The lowest BCUT2D eigenvalue weighted by Crippen LogP contribution is -2.43. The van der Waals surface area contributed by atoms with Gasteiger partial charge in [0.15, 0.2) is 22.8 Å². The Hall–Kier alpha value is -6.16. The van der Waals surface area contributed by atoms with Crippen molar-refractivity contribution in [1.29, 1.82) is 0 Å². The van der Waals surface area contributed by atoms with E-state index in [-0.39, 0.29) is 23.1 Å². The molecule has 0 fully saturated rings. The second-order valence-corrected chi connectivity index (χ2v) is 17.3. The topological polar surface area (TPSA) is 157 Å². The number of phenolic OH excluding ortho intramolecular Hbond substituents is 2. The van der Waals surface area contributed by atoms with Gasteiger partial charge in [-0.15, -0.1) is 0 Å². The molecule has 0 saturated carbocycles. The smallest absolute Gasteiger partial charge is 0.350 e. The van der Waals surface area contributed by atoms with Crippen LogP contribution in [0.25, 0.3) is 12.2 Å². The van der Waals surface area contributed by atoms with Gasteiger partial charge >= 0.3 is 11.9 Å². The van der Waals surface area contributed by atoms with Gasteiger partial charge < -0.3 is 29.5 Å². The fourth-order valence-electron chi connectivity index (χ4n) is 6.21. The fourth-order valence-corrected chi connectivity index (χ4v) is 6.21. The zero-order valence-corrected chi connectivity index (χ0v) is 37.6. The fraction of sp³-hybridized carbons (Fsp3) is 0.360. The summed E-state index contributed by atoms with van der Waals surface area (Å²) in [5, 5.41) is 29.0. The molecule has 320 valence electrons. The number of hydrogen-bond acceptors (Lipinski definition) is 9. The maximum Gasteiger partial charge on any atom is 0.350 e. The van der Waals surface area contributed by atoms with Crippen molar-refractivity contribution >= 4 is 35.7 Å². The number of ketones is 2. The van der Waals surface area contributed by atoms with Crippen LogP contribution in [-0.2, 0) is 14.3 Å². The predicted molar refractivity (Wildman–Crippen MR) is 237 cm³/mol. The molecule has 0 amide bonds. The van der Waals surface area contributed by atoms with Gasteiger partial charge in [-0.2, -0.15) is 0 Å². The summed E-state index contributed by atoms with van der Waals surface area (Å²) in [6, 6.07) is 14.2. The lowest BCUT2D eigenvalue weighted by molar-refractivity contribution is -0.171. The molecular formula is C50H60O10. The zero-order valence-electron chi connectivity index (χ0n) is 37.6. The Morgan fingerprint density at radius 1 is 0.483 bits per heavy atom. The number of carboxylic acids is 1. The number of carbonyl (C=O) groups is 4. The first kappa shape index (κ1) is 48.2. The number of carbonyl (C=O) groups excluding carboxylic acids is 3. The molecule has 0 aliphatic rings. The van der Waals surface area contributed by atoms with E-state index in [1.165, 1.54) is 26.0 Å². The van der Waals surface area contributed by atoms with Crippen molar-refractivity contribution in [2.75, 3.05) is 0 Å². The number of rotatable bonds is 12. The van der Waals surface area contributed by atoms with Crippen LogP contribution in [0.2, 0.25) is 0 Å². The van der Waals surface area contributed by atoms with E-state index in [1.54, 1.807) is 78.0 Å². The minimum atomic E-state index is -1.34. The number of phenols is 2. The van der Waals surface area contributed by atoms with Crippen molar-refractivity contribution in [3.8, 4) is 23.0 Å².